The van der Waals surface area contributed by atoms with E-state index in [2.05, 4.69) is 81.4 Å². The normalized spacial score (nSPS) is 11.5. The van der Waals surface area contributed by atoms with Gasteiger partial charge in [-0.1, -0.05) is 74.0 Å². The van der Waals surface area contributed by atoms with Crippen molar-refractivity contribution >= 4 is 21.7 Å². The number of rotatable bonds is 2. The maximum Gasteiger partial charge on any atom is 0.132 e. The Morgan fingerprint density at radius 2 is 1.50 bits per heavy atom. The molecule has 0 spiro atoms. The number of hydrogen-bond acceptors (Lipinski definition) is 2. The lowest BCUT2D eigenvalue weighted by molar-refractivity contribution is 0.785. The van der Waals surface area contributed by atoms with E-state index in [1.807, 2.05) is 0 Å². The van der Waals surface area contributed by atoms with Gasteiger partial charge in [0.05, 0.1) is 11.2 Å². The summed E-state index contributed by atoms with van der Waals surface area (Å²) in [4.78, 5) is 9.79. The van der Waals surface area contributed by atoms with Crippen LogP contribution in [0.5, 0.6) is 0 Å². The third-order valence-electron chi connectivity index (χ3n) is 4.45. The molecule has 0 amide bonds. The number of aromatic nitrogens is 2. The number of benzene rings is 3. The molecule has 0 fully saturated rings. The first kappa shape index (κ1) is 14.8. The molecule has 0 aliphatic heterocycles. The van der Waals surface area contributed by atoms with Gasteiger partial charge in [-0.05, 0) is 18.4 Å². The monoisotopic (exact) mass is 312 g/mol. The van der Waals surface area contributed by atoms with E-state index in [0.29, 0.717) is 0 Å². The molecule has 118 valence electrons. The van der Waals surface area contributed by atoms with Gasteiger partial charge in [0.2, 0.25) is 0 Å². The number of fused-ring (bicyclic) bond motifs is 3. The van der Waals surface area contributed by atoms with E-state index in [0.717, 1.165) is 28.0 Å². The van der Waals surface area contributed by atoms with Crippen LogP contribution in [0.25, 0.3) is 32.9 Å². The second-order valence-electron chi connectivity index (χ2n) is 6.63. The van der Waals surface area contributed by atoms with Gasteiger partial charge in [0.25, 0.3) is 0 Å². The van der Waals surface area contributed by atoms with Gasteiger partial charge in [-0.15, -0.1) is 0 Å². The SMILES string of the molecule is Cc1ccc(-c2nc(C(C)C)nc3c2ccc2ccccc23)cc1. The lowest BCUT2D eigenvalue weighted by Crippen LogP contribution is -2.01. The summed E-state index contributed by atoms with van der Waals surface area (Å²) in [6.07, 6.45) is 0. The third-order valence-corrected chi connectivity index (χ3v) is 4.45. The highest BCUT2D eigenvalue weighted by molar-refractivity contribution is 6.09. The minimum atomic E-state index is 0.289. The lowest BCUT2D eigenvalue weighted by atomic mass is 10.0. The van der Waals surface area contributed by atoms with Crippen LogP contribution >= 0.6 is 0 Å². The van der Waals surface area contributed by atoms with E-state index in [1.165, 1.54) is 16.3 Å². The summed E-state index contributed by atoms with van der Waals surface area (Å²) in [5, 5.41) is 3.52. The minimum absolute atomic E-state index is 0.289. The predicted molar refractivity (Wildman–Crippen MR) is 101 cm³/mol. The molecule has 0 aliphatic rings. The summed E-state index contributed by atoms with van der Waals surface area (Å²) in [5.41, 5.74) is 4.47. The summed E-state index contributed by atoms with van der Waals surface area (Å²) < 4.78 is 0. The average molecular weight is 312 g/mol. The smallest absolute Gasteiger partial charge is 0.132 e. The molecule has 0 bridgehead atoms. The molecule has 2 heteroatoms. The summed E-state index contributed by atoms with van der Waals surface area (Å²) in [6, 6.07) is 21.3. The molecule has 0 saturated heterocycles. The maximum absolute atomic E-state index is 4.90. The van der Waals surface area contributed by atoms with Crippen LogP contribution in [-0.4, -0.2) is 9.97 Å². The number of aryl methyl sites for hydroxylation is 1. The first-order valence-electron chi connectivity index (χ1n) is 8.40. The second kappa shape index (κ2) is 5.72. The maximum atomic E-state index is 4.90. The third kappa shape index (κ3) is 2.44. The van der Waals surface area contributed by atoms with Crippen molar-refractivity contribution in [2.45, 2.75) is 26.7 Å². The molecule has 3 aromatic carbocycles. The fourth-order valence-corrected chi connectivity index (χ4v) is 3.07. The first-order chi connectivity index (χ1) is 11.6. The molecule has 4 aromatic rings. The second-order valence-corrected chi connectivity index (χ2v) is 6.63. The summed E-state index contributed by atoms with van der Waals surface area (Å²) in [6.45, 7) is 6.39. The molecule has 0 unspecified atom stereocenters. The Kier molecular flexibility index (Phi) is 3.53. The molecule has 1 heterocycles. The molecule has 0 radical (unpaired) electrons. The zero-order valence-electron chi connectivity index (χ0n) is 14.2. The summed E-state index contributed by atoms with van der Waals surface area (Å²) in [5.74, 6) is 1.19. The van der Waals surface area contributed by atoms with Crippen LogP contribution in [0.4, 0.5) is 0 Å². The fraction of sp³-hybridized carbons (Fsp3) is 0.182. The average Bonchev–Trinajstić information content (AvgIpc) is 2.61. The zero-order chi connectivity index (χ0) is 16.7. The molecule has 1 aromatic heterocycles. The highest BCUT2D eigenvalue weighted by Gasteiger charge is 2.13. The van der Waals surface area contributed by atoms with Crippen molar-refractivity contribution in [1.29, 1.82) is 0 Å². The lowest BCUT2D eigenvalue weighted by Gasteiger charge is -2.13. The highest BCUT2D eigenvalue weighted by atomic mass is 14.9. The van der Waals surface area contributed by atoms with Crippen LogP contribution in [0.15, 0.2) is 60.7 Å². The van der Waals surface area contributed by atoms with Crippen LogP contribution in [0, 0.1) is 6.92 Å². The van der Waals surface area contributed by atoms with Gasteiger partial charge in [0.1, 0.15) is 5.82 Å². The van der Waals surface area contributed by atoms with Crippen molar-refractivity contribution in [3.8, 4) is 11.3 Å². The van der Waals surface area contributed by atoms with E-state index in [9.17, 15) is 0 Å². The molecular weight excluding hydrogens is 292 g/mol. The number of nitrogens with zero attached hydrogens (tertiary/aromatic N) is 2. The summed E-state index contributed by atoms with van der Waals surface area (Å²) in [7, 11) is 0. The zero-order valence-corrected chi connectivity index (χ0v) is 14.2. The Balaban J connectivity index is 2.11. The molecule has 0 saturated carbocycles. The molecule has 24 heavy (non-hydrogen) atoms. The van der Waals surface area contributed by atoms with E-state index in [4.69, 9.17) is 9.97 Å². The Hall–Kier alpha value is -2.74. The van der Waals surface area contributed by atoms with Gasteiger partial charge >= 0.3 is 0 Å². The molecule has 2 nitrogen and oxygen atoms in total. The Bertz CT molecular complexity index is 1030. The van der Waals surface area contributed by atoms with Crippen LogP contribution in [0.3, 0.4) is 0 Å². The van der Waals surface area contributed by atoms with E-state index >= 15 is 0 Å². The van der Waals surface area contributed by atoms with Crippen LogP contribution in [0.2, 0.25) is 0 Å². The Morgan fingerprint density at radius 1 is 0.750 bits per heavy atom. The molecule has 0 aliphatic carbocycles. The van der Waals surface area contributed by atoms with Gasteiger partial charge in [-0.3, -0.25) is 0 Å². The van der Waals surface area contributed by atoms with Gasteiger partial charge < -0.3 is 0 Å². The highest BCUT2D eigenvalue weighted by Crippen LogP contribution is 2.32. The van der Waals surface area contributed by atoms with Crippen molar-refractivity contribution in [1.82, 2.24) is 9.97 Å². The van der Waals surface area contributed by atoms with E-state index in [-0.39, 0.29) is 5.92 Å². The van der Waals surface area contributed by atoms with Gasteiger partial charge in [-0.25, -0.2) is 9.97 Å². The number of hydrogen-bond donors (Lipinski definition) is 0. The Morgan fingerprint density at radius 3 is 2.25 bits per heavy atom. The molecule has 4 rings (SSSR count). The van der Waals surface area contributed by atoms with Crippen molar-refractivity contribution in [2.75, 3.05) is 0 Å². The Labute approximate surface area is 142 Å². The van der Waals surface area contributed by atoms with Gasteiger partial charge in [0.15, 0.2) is 0 Å². The fourth-order valence-electron chi connectivity index (χ4n) is 3.07. The quantitative estimate of drug-likeness (QED) is 0.432. The van der Waals surface area contributed by atoms with Crippen molar-refractivity contribution < 1.29 is 0 Å². The minimum Gasteiger partial charge on any atom is -0.232 e. The van der Waals surface area contributed by atoms with Crippen LogP contribution in [0.1, 0.15) is 31.2 Å². The van der Waals surface area contributed by atoms with Crippen molar-refractivity contribution in [3.63, 3.8) is 0 Å². The van der Waals surface area contributed by atoms with E-state index < -0.39 is 0 Å². The molecular formula is C22H20N2. The topological polar surface area (TPSA) is 25.8 Å². The van der Waals surface area contributed by atoms with Gasteiger partial charge in [0, 0.05) is 22.3 Å². The van der Waals surface area contributed by atoms with Crippen LogP contribution < -0.4 is 0 Å². The van der Waals surface area contributed by atoms with E-state index in [1.54, 1.807) is 0 Å². The largest absolute Gasteiger partial charge is 0.232 e. The molecule has 0 atom stereocenters. The van der Waals surface area contributed by atoms with Crippen molar-refractivity contribution in [3.05, 3.63) is 72.1 Å². The standard InChI is InChI=1S/C22H20N2/c1-14(2)22-23-20(17-10-8-15(3)9-11-17)19-13-12-16-6-4-5-7-18(16)21(19)24-22/h4-14H,1-3H3. The van der Waals surface area contributed by atoms with Gasteiger partial charge in [-0.2, -0.15) is 0 Å². The van der Waals surface area contributed by atoms with Crippen LogP contribution in [-0.2, 0) is 0 Å². The van der Waals surface area contributed by atoms with Crippen molar-refractivity contribution in [2.24, 2.45) is 0 Å². The predicted octanol–water partition coefficient (Wildman–Crippen LogP) is 5.88. The molecule has 0 N–H and O–H groups in total. The summed E-state index contributed by atoms with van der Waals surface area (Å²) >= 11 is 0. The first-order valence-corrected chi connectivity index (χ1v) is 8.40.